The number of benzene rings is 1. The van der Waals surface area contributed by atoms with Crippen LogP contribution in [0.1, 0.15) is 56.6 Å². The van der Waals surface area contributed by atoms with Gasteiger partial charge in [0.1, 0.15) is 5.82 Å². The Morgan fingerprint density at radius 3 is 2.56 bits per heavy atom. The van der Waals surface area contributed by atoms with Gasteiger partial charge in [-0.1, -0.05) is 17.4 Å². The molecule has 0 radical (unpaired) electrons. The standard InChI is InChI=1S/C37H41N11O3S/c1-22(2)41-32-27(20-40-31-26-5-3-23(18-38)17-28(26)42-33(31)32)35-44-45-36(52-35)48-15-13-46(14-16-48)21-37(51)9-11-47(12-10-37)29-7-4-24(19-39-29)25-6-8-30(49)43-34(25)50/h3-5,7,17,19-20,22,25,42,51H,6,8-16,21H2,1-2H3,(H,40,41)(H,43,49,50). The molecule has 0 bridgehead atoms. The fourth-order valence-corrected chi connectivity index (χ4v) is 8.49. The first-order valence-electron chi connectivity index (χ1n) is 17.9. The molecule has 7 heterocycles. The second-order valence-electron chi connectivity index (χ2n) is 14.4. The zero-order valence-electron chi connectivity index (χ0n) is 29.2. The van der Waals surface area contributed by atoms with Gasteiger partial charge in [0.2, 0.25) is 16.9 Å². The minimum Gasteiger partial charge on any atom is -0.388 e. The summed E-state index contributed by atoms with van der Waals surface area (Å²) in [4.78, 5) is 43.5. The van der Waals surface area contributed by atoms with E-state index in [4.69, 9.17) is 4.98 Å². The van der Waals surface area contributed by atoms with Crippen molar-refractivity contribution in [2.75, 3.05) is 60.9 Å². The van der Waals surface area contributed by atoms with Gasteiger partial charge in [-0.05, 0) is 62.9 Å². The summed E-state index contributed by atoms with van der Waals surface area (Å²) in [6, 6.07) is 11.9. The number of H-pyrrole nitrogens is 1. The summed E-state index contributed by atoms with van der Waals surface area (Å²) in [5, 5.41) is 38.8. The lowest BCUT2D eigenvalue weighted by molar-refractivity contribution is -0.134. The number of aromatic nitrogens is 5. The number of aromatic amines is 1. The number of fused-ring (bicyclic) bond motifs is 3. The molecule has 3 fully saturated rings. The highest BCUT2D eigenvalue weighted by atomic mass is 32.1. The van der Waals surface area contributed by atoms with E-state index in [0.29, 0.717) is 50.9 Å². The van der Waals surface area contributed by atoms with Crippen LogP contribution in [0, 0.1) is 11.3 Å². The molecule has 4 N–H and O–H groups in total. The normalized spacial score (nSPS) is 19.7. The number of nitrogens with one attached hydrogen (secondary N) is 3. The largest absolute Gasteiger partial charge is 0.388 e. The molecular weight excluding hydrogens is 679 g/mol. The number of imide groups is 1. The van der Waals surface area contributed by atoms with Crippen molar-refractivity contribution in [3.8, 4) is 16.6 Å². The van der Waals surface area contributed by atoms with Crippen molar-refractivity contribution < 1.29 is 14.7 Å². The topological polar surface area (TPSA) is 179 Å². The second-order valence-corrected chi connectivity index (χ2v) is 15.3. The van der Waals surface area contributed by atoms with Crippen molar-refractivity contribution in [1.29, 1.82) is 5.26 Å². The molecule has 4 aromatic heterocycles. The number of hydrogen-bond acceptors (Lipinski definition) is 13. The third-order valence-electron chi connectivity index (χ3n) is 10.4. The molecule has 2 amide bonds. The van der Waals surface area contributed by atoms with Crippen LogP contribution in [0.5, 0.6) is 0 Å². The van der Waals surface area contributed by atoms with E-state index in [1.54, 1.807) is 17.5 Å². The van der Waals surface area contributed by atoms with Gasteiger partial charge in [0, 0.05) is 81.6 Å². The molecule has 0 saturated carbocycles. The van der Waals surface area contributed by atoms with Gasteiger partial charge in [-0.15, -0.1) is 10.2 Å². The first-order chi connectivity index (χ1) is 25.2. The molecule has 3 saturated heterocycles. The van der Waals surface area contributed by atoms with Crippen molar-refractivity contribution in [2.45, 2.75) is 57.1 Å². The maximum absolute atomic E-state index is 12.3. The van der Waals surface area contributed by atoms with Gasteiger partial charge in [0.05, 0.1) is 45.4 Å². The van der Waals surface area contributed by atoms with E-state index in [1.165, 1.54) is 0 Å². The number of aliphatic hydroxyl groups is 1. The number of hydrogen-bond donors (Lipinski definition) is 4. The molecule has 1 aromatic carbocycles. The highest BCUT2D eigenvalue weighted by Crippen LogP contribution is 2.39. The molecular formula is C37H41N11O3S. The Kier molecular flexibility index (Phi) is 8.98. The highest BCUT2D eigenvalue weighted by molar-refractivity contribution is 7.18. The first kappa shape index (κ1) is 33.9. The second kappa shape index (κ2) is 13.8. The minimum atomic E-state index is -0.772. The van der Waals surface area contributed by atoms with Crippen molar-refractivity contribution in [2.24, 2.45) is 0 Å². The number of nitrogens with zero attached hydrogens (tertiary/aromatic N) is 8. The Balaban J connectivity index is 0.883. The Hall–Kier alpha value is -5.17. The SMILES string of the molecule is CC(C)Nc1c(-c2nnc(N3CCN(CC4(O)CCN(c5ccc(C6CCC(=O)NC6=O)cn5)CC4)CC3)s2)cnc2c1[nH]c1cc(C#N)ccc12. The van der Waals surface area contributed by atoms with Crippen LogP contribution in [-0.2, 0) is 9.59 Å². The number of rotatable bonds is 8. The number of pyridine rings is 2. The number of piperazine rings is 1. The van der Waals surface area contributed by atoms with E-state index >= 15 is 0 Å². The molecule has 14 nitrogen and oxygen atoms in total. The molecule has 3 aliphatic heterocycles. The predicted molar refractivity (Wildman–Crippen MR) is 200 cm³/mol. The lowest BCUT2D eigenvalue weighted by atomic mass is 9.90. The maximum atomic E-state index is 12.3. The first-order valence-corrected chi connectivity index (χ1v) is 18.7. The average Bonchev–Trinajstić information content (AvgIpc) is 3.78. The summed E-state index contributed by atoms with van der Waals surface area (Å²) < 4.78 is 0. The third kappa shape index (κ3) is 6.65. The lowest BCUT2D eigenvalue weighted by Gasteiger charge is -2.43. The van der Waals surface area contributed by atoms with E-state index < -0.39 is 5.60 Å². The number of nitriles is 1. The monoisotopic (exact) mass is 719 g/mol. The van der Waals surface area contributed by atoms with E-state index in [9.17, 15) is 20.0 Å². The fraction of sp³-hybridized carbons (Fsp3) is 0.432. The van der Waals surface area contributed by atoms with Gasteiger partial charge in [-0.2, -0.15) is 5.26 Å². The van der Waals surface area contributed by atoms with Crippen LogP contribution in [-0.4, -0.2) is 104 Å². The van der Waals surface area contributed by atoms with E-state index in [2.05, 4.69) is 65.4 Å². The molecule has 52 heavy (non-hydrogen) atoms. The maximum Gasteiger partial charge on any atom is 0.234 e. The number of carbonyl (C=O) groups excluding carboxylic acids is 2. The molecule has 1 atom stereocenters. The van der Waals surface area contributed by atoms with Crippen LogP contribution in [0.4, 0.5) is 16.6 Å². The zero-order chi connectivity index (χ0) is 36.0. The number of carbonyl (C=O) groups is 2. The fourth-order valence-electron chi connectivity index (χ4n) is 7.57. The summed E-state index contributed by atoms with van der Waals surface area (Å²) in [6.07, 6.45) is 5.73. The molecule has 5 aromatic rings. The van der Waals surface area contributed by atoms with Gasteiger partial charge in [-0.3, -0.25) is 24.8 Å². The quantitative estimate of drug-likeness (QED) is 0.170. The molecule has 0 spiro atoms. The number of β-amino-alcohol motifs (C(OH)–C–C–N with tert-alkyl or cyclic N) is 1. The molecule has 8 rings (SSSR count). The number of amides is 2. The number of piperidine rings is 2. The Morgan fingerprint density at radius 2 is 1.85 bits per heavy atom. The van der Waals surface area contributed by atoms with Crippen molar-refractivity contribution in [3.05, 3.63) is 53.9 Å². The van der Waals surface area contributed by atoms with E-state index in [1.807, 2.05) is 36.5 Å². The van der Waals surface area contributed by atoms with Crippen LogP contribution >= 0.6 is 11.3 Å². The zero-order valence-corrected chi connectivity index (χ0v) is 30.0. The lowest BCUT2D eigenvalue weighted by Crippen LogP contribution is -2.55. The van der Waals surface area contributed by atoms with Crippen LogP contribution in [0.2, 0.25) is 0 Å². The summed E-state index contributed by atoms with van der Waals surface area (Å²) >= 11 is 1.55. The van der Waals surface area contributed by atoms with Crippen LogP contribution in [0.15, 0.2) is 42.7 Å². The predicted octanol–water partition coefficient (Wildman–Crippen LogP) is 4.00. The minimum absolute atomic E-state index is 0.169. The van der Waals surface area contributed by atoms with Crippen molar-refractivity contribution in [1.82, 2.24) is 35.4 Å². The Morgan fingerprint density at radius 1 is 1.04 bits per heavy atom. The van der Waals surface area contributed by atoms with E-state index in [-0.39, 0.29) is 23.8 Å². The number of anilines is 3. The Bertz CT molecular complexity index is 2170. The van der Waals surface area contributed by atoms with Crippen molar-refractivity contribution >= 4 is 61.7 Å². The van der Waals surface area contributed by atoms with Crippen LogP contribution < -0.4 is 20.4 Å². The summed E-state index contributed by atoms with van der Waals surface area (Å²) in [6.45, 7) is 9.42. The molecule has 0 aliphatic carbocycles. The average molecular weight is 720 g/mol. The van der Waals surface area contributed by atoms with Gasteiger partial charge < -0.3 is 25.2 Å². The van der Waals surface area contributed by atoms with Crippen LogP contribution in [0.25, 0.3) is 32.5 Å². The smallest absolute Gasteiger partial charge is 0.234 e. The molecule has 268 valence electrons. The molecule has 3 aliphatic rings. The molecule has 15 heteroatoms. The summed E-state index contributed by atoms with van der Waals surface area (Å²) in [5.74, 6) is 0.00686. The van der Waals surface area contributed by atoms with Gasteiger partial charge >= 0.3 is 0 Å². The highest BCUT2D eigenvalue weighted by Gasteiger charge is 2.36. The third-order valence-corrected chi connectivity index (χ3v) is 11.4. The molecule has 1 unspecified atom stereocenters. The van der Waals surface area contributed by atoms with Crippen LogP contribution in [0.3, 0.4) is 0 Å². The van der Waals surface area contributed by atoms with Gasteiger partial charge in [-0.25, -0.2) is 4.98 Å². The summed E-state index contributed by atoms with van der Waals surface area (Å²) in [7, 11) is 0. The Labute approximate surface area is 304 Å². The van der Waals surface area contributed by atoms with Gasteiger partial charge in [0.25, 0.3) is 0 Å². The van der Waals surface area contributed by atoms with Crippen molar-refractivity contribution in [3.63, 3.8) is 0 Å². The van der Waals surface area contributed by atoms with E-state index in [0.717, 1.165) is 80.9 Å². The van der Waals surface area contributed by atoms with Gasteiger partial charge in [0.15, 0.2) is 5.01 Å². The summed E-state index contributed by atoms with van der Waals surface area (Å²) in [5.41, 5.74) is 5.03.